The molecule has 256 valence electrons. The van der Waals surface area contributed by atoms with Crippen LogP contribution in [0.25, 0.3) is 0 Å². The van der Waals surface area contributed by atoms with E-state index in [-0.39, 0.29) is 42.2 Å². The fourth-order valence-electron chi connectivity index (χ4n) is 7.87. The van der Waals surface area contributed by atoms with Gasteiger partial charge in [-0.25, -0.2) is 0 Å². The number of carbonyl (C=O) groups is 5. The number of thiazole rings is 1. The summed E-state index contributed by atoms with van der Waals surface area (Å²) < 4.78 is 6.66. The average molecular weight is 684 g/mol. The van der Waals surface area contributed by atoms with E-state index in [4.69, 9.17) is 4.74 Å². The van der Waals surface area contributed by atoms with E-state index >= 15 is 0 Å². The molecule has 0 bridgehead atoms. The van der Waals surface area contributed by atoms with Crippen molar-refractivity contribution in [1.82, 2.24) is 25.0 Å². The molecule has 49 heavy (non-hydrogen) atoms. The minimum Gasteiger partial charge on any atom is -0.488 e. The third-order valence-corrected chi connectivity index (χ3v) is 11.1. The first kappa shape index (κ1) is 32.9. The van der Waals surface area contributed by atoms with Crippen LogP contribution in [0.2, 0.25) is 0 Å². The Morgan fingerprint density at radius 1 is 0.959 bits per heavy atom. The molecule has 3 aliphatic heterocycles. The largest absolute Gasteiger partial charge is 0.488 e. The van der Waals surface area contributed by atoms with Gasteiger partial charge in [-0.2, -0.15) is 0 Å². The minimum atomic E-state index is -0.674. The SMILES string of the molecule is CCCNC(=O)[C@@H]1CCCCC1C(=O)N1CCc2cccc(OC3CCN(C(=O)c4cncs4)C3)c2[C@H]1CN1C(=O)c2ccccc2C1=O. The van der Waals surface area contributed by atoms with Gasteiger partial charge in [0.25, 0.3) is 17.7 Å². The third-order valence-electron chi connectivity index (χ3n) is 10.3. The van der Waals surface area contributed by atoms with E-state index in [0.717, 1.165) is 30.4 Å². The quantitative estimate of drug-likeness (QED) is 0.329. The molecule has 0 radical (unpaired) electrons. The van der Waals surface area contributed by atoms with Crippen molar-refractivity contribution in [2.24, 2.45) is 11.8 Å². The molecule has 2 aromatic carbocycles. The lowest BCUT2D eigenvalue weighted by atomic mass is 9.77. The number of aromatic nitrogens is 1. The lowest BCUT2D eigenvalue weighted by Crippen LogP contribution is -2.51. The normalized spacial score (nSPS) is 23.3. The minimum absolute atomic E-state index is 0.0362. The maximum atomic E-state index is 14.7. The Bertz CT molecular complexity index is 1730. The molecule has 4 atom stereocenters. The Morgan fingerprint density at radius 3 is 2.43 bits per heavy atom. The Hall–Kier alpha value is -4.58. The highest BCUT2D eigenvalue weighted by molar-refractivity contribution is 7.11. The van der Waals surface area contributed by atoms with Crippen LogP contribution >= 0.6 is 11.3 Å². The zero-order valence-electron chi connectivity index (χ0n) is 27.6. The molecule has 11 nitrogen and oxygen atoms in total. The Balaban J connectivity index is 1.20. The van der Waals surface area contributed by atoms with E-state index in [1.54, 1.807) is 45.8 Å². The summed E-state index contributed by atoms with van der Waals surface area (Å²) in [7, 11) is 0. The number of carbonyl (C=O) groups excluding carboxylic acids is 5. The van der Waals surface area contributed by atoms with Crippen LogP contribution in [-0.2, 0) is 16.0 Å². The number of ether oxygens (including phenoxy) is 1. The molecule has 1 saturated carbocycles. The van der Waals surface area contributed by atoms with Crippen LogP contribution in [0.4, 0.5) is 0 Å². The van der Waals surface area contributed by atoms with Crippen molar-refractivity contribution in [3.05, 3.63) is 81.3 Å². The number of rotatable bonds is 9. The number of benzene rings is 2. The van der Waals surface area contributed by atoms with Crippen LogP contribution in [-0.4, -0.2) is 88.0 Å². The maximum Gasteiger partial charge on any atom is 0.265 e. The molecule has 4 heterocycles. The monoisotopic (exact) mass is 683 g/mol. The van der Waals surface area contributed by atoms with Gasteiger partial charge in [-0.1, -0.05) is 44.0 Å². The second-order valence-electron chi connectivity index (χ2n) is 13.3. The molecule has 2 fully saturated rings. The van der Waals surface area contributed by atoms with Gasteiger partial charge in [0.2, 0.25) is 11.8 Å². The first-order valence-corrected chi connectivity index (χ1v) is 18.2. The molecule has 12 heteroatoms. The van der Waals surface area contributed by atoms with Crippen molar-refractivity contribution in [3.8, 4) is 5.75 Å². The summed E-state index contributed by atoms with van der Waals surface area (Å²) >= 11 is 1.31. The fraction of sp³-hybridized carbons (Fsp3) is 0.459. The van der Waals surface area contributed by atoms with Crippen molar-refractivity contribution in [2.75, 3.05) is 32.7 Å². The van der Waals surface area contributed by atoms with Crippen molar-refractivity contribution < 1.29 is 28.7 Å². The molecule has 1 saturated heterocycles. The molecule has 5 amide bonds. The van der Waals surface area contributed by atoms with Crippen LogP contribution in [0.5, 0.6) is 5.75 Å². The summed E-state index contributed by atoms with van der Waals surface area (Å²) in [5.41, 5.74) is 4.10. The molecule has 1 aliphatic carbocycles. The second-order valence-corrected chi connectivity index (χ2v) is 14.2. The summed E-state index contributed by atoms with van der Waals surface area (Å²) in [6.45, 7) is 3.87. The van der Waals surface area contributed by atoms with E-state index in [2.05, 4.69) is 10.3 Å². The first-order valence-electron chi connectivity index (χ1n) is 17.3. The lowest BCUT2D eigenvalue weighted by molar-refractivity contribution is -0.146. The van der Waals surface area contributed by atoms with Crippen molar-refractivity contribution in [2.45, 2.75) is 64.0 Å². The highest BCUT2D eigenvalue weighted by Crippen LogP contribution is 2.42. The number of hydrogen-bond donors (Lipinski definition) is 1. The molecule has 4 aliphatic rings. The van der Waals surface area contributed by atoms with Crippen molar-refractivity contribution >= 4 is 40.9 Å². The zero-order chi connectivity index (χ0) is 34.1. The lowest BCUT2D eigenvalue weighted by Gasteiger charge is -2.43. The number of imide groups is 1. The molecule has 3 aromatic rings. The van der Waals surface area contributed by atoms with Crippen LogP contribution in [0.3, 0.4) is 0 Å². The Labute approximate surface area is 289 Å². The highest BCUT2D eigenvalue weighted by atomic mass is 32.1. The summed E-state index contributed by atoms with van der Waals surface area (Å²) in [6, 6.07) is 11.9. The Kier molecular flexibility index (Phi) is 9.48. The van der Waals surface area contributed by atoms with Gasteiger partial charge in [0.1, 0.15) is 16.7 Å². The van der Waals surface area contributed by atoms with E-state index < -0.39 is 17.9 Å². The van der Waals surface area contributed by atoms with Gasteiger partial charge in [-0.05, 0) is 49.4 Å². The number of nitrogens with zero attached hydrogens (tertiary/aromatic N) is 4. The van der Waals surface area contributed by atoms with E-state index in [0.29, 0.717) is 73.6 Å². The standard InChI is InChI=1S/C37H41N5O6S/c1-2-16-39-33(43)25-9-3-4-10-26(25)34(44)41-18-14-23-8-7-13-30(48-24-15-17-40(20-24)37(47)31-19-38-22-49-31)32(23)29(41)21-42-35(45)27-11-5-6-12-28(27)36(42)46/h5-8,11-13,19,22,24-26,29H,2-4,9-10,14-18,20-21H2,1H3,(H,39,43)/t24?,25-,26?,29-/m1/s1. The van der Waals surface area contributed by atoms with Gasteiger partial charge in [0.05, 0.1) is 42.0 Å². The van der Waals surface area contributed by atoms with Gasteiger partial charge >= 0.3 is 0 Å². The summed E-state index contributed by atoms with van der Waals surface area (Å²) in [6.07, 6.45) is 6.30. The van der Waals surface area contributed by atoms with Gasteiger partial charge < -0.3 is 19.9 Å². The van der Waals surface area contributed by atoms with Gasteiger partial charge in [-0.15, -0.1) is 11.3 Å². The van der Waals surface area contributed by atoms with E-state index in [9.17, 15) is 24.0 Å². The van der Waals surface area contributed by atoms with Crippen LogP contribution in [0.1, 0.15) is 93.0 Å². The number of likely N-dealkylation sites (tertiary alicyclic amines) is 1. The zero-order valence-corrected chi connectivity index (χ0v) is 28.5. The van der Waals surface area contributed by atoms with Crippen LogP contribution < -0.4 is 10.1 Å². The fourth-order valence-corrected chi connectivity index (χ4v) is 8.46. The highest BCUT2D eigenvalue weighted by Gasteiger charge is 2.45. The van der Waals surface area contributed by atoms with Gasteiger partial charge in [0.15, 0.2) is 0 Å². The van der Waals surface area contributed by atoms with Gasteiger partial charge in [-0.3, -0.25) is 33.9 Å². The molecular formula is C37H41N5O6S. The number of nitrogens with one attached hydrogen (secondary N) is 1. The molecule has 7 rings (SSSR count). The maximum absolute atomic E-state index is 14.7. The molecule has 1 N–H and O–H groups in total. The predicted molar refractivity (Wildman–Crippen MR) is 182 cm³/mol. The number of hydrogen-bond acceptors (Lipinski definition) is 8. The Morgan fingerprint density at radius 2 is 1.71 bits per heavy atom. The molecular weight excluding hydrogens is 643 g/mol. The van der Waals surface area contributed by atoms with Crippen LogP contribution in [0, 0.1) is 11.8 Å². The number of amides is 5. The predicted octanol–water partition coefficient (Wildman–Crippen LogP) is 4.49. The van der Waals surface area contributed by atoms with Gasteiger partial charge in [0, 0.05) is 43.5 Å². The third kappa shape index (κ3) is 6.34. The summed E-state index contributed by atoms with van der Waals surface area (Å²) in [5.74, 6) is -1.41. The van der Waals surface area contributed by atoms with Crippen LogP contribution in [0.15, 0.2) is 54.2 Å². The average Bonchev–Trinajstić information content (AvgIpc) is 3.89. The van der Waals surface area contributed by atoms with E-state index in [1.165, 1.54) is 16.2 Å². The topological polar surface area (TPSA) is 129 Å². The number of fused-ring (bicyclic) bond motifs is 2. The second kappa shape index (κ2) is 14.1. The summed E-state index contributed by atoms with van der Waals surface area (Å²) in [5, 5.41) is 3.01. The molecule has 0 spiro atoms. The molecule has 2 unspecified atom stereocenters. The van der Waals surface area contributed by atoms with Crippen molar-refractivity contribution in [1.29, 1.82) is 0 Å². The molecule has 1 aromatic heterocycles. The van der Waals surface area contributed by atoms with Crippen molar-refractivity contribution in [3.63, 3.8) is 0 Å². The summed E-state index contributed by atoms with van der Waals surface area (Å²) in [4.78, 5) is 77.7. The van der Waals surface area contributed by atoms with E-state index in [1.807, 2.05) is 25.1 Å². The first-order chi connectivity index (χ1) is 23.9. The smallest absolute Gasteiger partial charge is 0.265 e.